The molecule has 1 heterocycles. The van der Waals surface area contributed by atoms with Crippen LogP contribution in [0.25, 0.3) is 11.5 Å². The highest BCUT2D eigenvalue weighted by atomic mass is 79.9. The largest absolute Gasteiger partial charge is 0.419 e. The second-order valence-corrected chi connectivity index (χ2v) is 5.14. The number of aromatic nitrogens is 2. The molecule has 0 saturated heterocycles. The molecule has 2 aromatic rings. The quantitative estimate of drug-likeness (QED) is 0.926. The molecule has 1 aromatic carbocycles. The Hall–Kier alpha value is -0.910. The van der Waals surface area contributed by atoms with Gasteiger partial charge in [-0.1, -0.05) is 34.5 Å². The van der Waals surface area contributed by atoms with Crippen LogP contribution in [0.2, 0.25) is 5.02 Å². The number of hydrogen-bond acceptors (Lipinski definition) is 4. The normalized spacial score (nSPS) is 12.7. The molecule has 0 aliphatic carbocycles. The molecule has 1 unspecified atom stereocenters. The summed E-state index contributed by atoms with van der Waals surface area (Å²) in [6.07, 6.45) is 0.879. The Balaban J connectivity index is 2.37. The van der Waals surface area contributed by atoms with Gasteiger partial charge in [-0.05, 0) is 31.7 Å². The van der Waals surface area contributed by atoms with Crippen molar-refractivity contribution in [3.8, 4) is 11.5 Å². The average molecular weight is 331 g/mol. The van der Waals surface area contributed by atoms with Crippen LogP contribution in [0, 0.1) is 0 Å². The van der Waals surface area contributed by atoms with E-state index in [0.29, 0.717) is 16.8 Å². The summed E-state index contributed by atoms with van der Waals surface area (Å²) in [7, 11) is 1.87. The fraction of sp³-hybridized carbons (Fsp3) is 0.333. The first-order valence-corrected chi connectivity index (χ1v) is 6.79. The monoisotopic (exact) mass is 329 g/mol. The zero-order chi connectivity index (χ0) is 13.1. The van der Waals surface area contributed by atoms with Crippen LogP contribution >= 0.6 is 27.5 Å². The second kappa shape index (κ2) is 5.82. The van der Waals surface area contributed by atoms with Gasteiger partial charge in [0.2, 0.25) is 11.8 Å². The molecular weight excluding hydrogens is 318 g/mol. The summed E-state index contributed by atoms with van der Waals surface area (Å²) in [5.74, 6) is 1.01. The summed E-state index contributed by atoms with van der Waals surface area (Å²) < 4.78 is 6.58. The van der Waals surface area contributed by atoms with Crippen molar-refractivity contribution in [3.63, 3.8) is 0 Å². The van der Waals surface area contributed by atoms with Crippen LogP contribution in [0.15, 0.2) is 27.1 Å². The minimum Gasteiger partial charge on any atom is -0.419 e. The molecule has 0 aliphatic rings. The van der Waals surface area contributed by atoms with E-state index < -0.39 is 0 Å². The molecule has 0 saturated carbocycles. The molecule has 1 aromatic heterocycles. The molecule has 1 N–H and O–H groups in total. The zero-order valence-corrected chi connectivity index (χ0v) is 12.4. The average Bonchev–Trinajstić information content (AvgIpc) is 2.83. The van der Waals surface area contributed by atoms with Gasteiger partial charge >= 0.3 is 0 Å². The third-order valence-corrected chi connectivity index (χ3v) is 3.48. The smallest absolute Gasteiger partial charge is 0.249 e. The van der Waals surface area contributed by atoms with Crippen molar-refractivity contribution in [2.24, 2.45) is 0 Å². The van der Waals surface area contributed by atoms with E-state index in [1.807, 2.05) is 19.2 Å². The molecule has 96 valence electrons. The predicted octanol–water partition coefficient (Wildman–Crippen LogP) is 3.82. The third kappa shape index (κ3) is 2.74. The van der Waals surface area contributed by atoms with Crippen molar-refractivity contribution in [3.05, 3.63) is 33.6 Å². The van der Waals surface area contributed by atoms with Gasteiger partial charge in [0.15, 0.2) is 0 Å². The molecule has 0 bridgehead atoms. The Kier molecular flexibility index (Phi) is 4.37. The summed E-state index contributed by atoms with van der Waals surface area (Å²) in [5, 5.41) is 11.8. The molecule has 6 heteroatoms. The molecule has 0 spiro atoms. The standard InChI is InChI=1S/C12H13BrClN3O/c1-3-10(15-2)12-17-16-11(18-12)8-6-7(13)4-5-9(8)14/h4-6,10,15H,3H2,1-2H3. The Bertz CT molecular complexity index is 540. The summed E-state index contributed by atoms with van der Waals surface area (Å²) in [6.45, 7) is 2.05. The van der Waals surface area contributed by atoms with Gasteiger partial charge in [0.05, 0.1) is 16.6 Å². The summed E-state index contributed by atoms with van der Waals surface area (Å²) in [5.41, 5.74) is 0.732. The maximum Gasteiger partial charge on any atom is 0.249 e. The van der Waals surface area contributed by atoms with Crippen molar-refractivity contribution in [2.75, 3.05) is 7.05 Å². The Morgan fingerprint density at radius 2 is 2.22 bits per heavy atom. The molecule has 0 amide bonds. The zero-order valence-electron chi connectivity index (χ0n) is 10.1. The van der Waals surface area contributed by atoms with Gasteiger partial charge in [0, 0.05) is 4.47 Å². The highest BCUT2D eigenvalue weighted by molar-refractivity contribution is 9.10. The SMILES string of the molecule is CCC(NC)c1nnc(-c2cc(Br)ccc2Cl)o1. The van der Waals surface area contributed by atoms with Crippen molar-refractivity contribution in [1.82, 2.24) is 15.5 Å². The fourth-order valence-corrected chi connectivity index (χ4v) is 2.21. The van der Waals surface area contributed by atoms with Crippen molar-refractivity contribution in [2.45, 2.75) is 19.4 Å². The topological polar surface area (TPSA) is 51.0 Å². The summed E-state index contributed by atoms with van der Waals surface area (Å²) in [6, 6.07) is 5.59. The Morgan fingerprint density at radius 3 is 2.89 bits per heavy atom. The number of nitrogens with zero attached hydrogens (tertiary/aromatic N) is 2. The van der Waals surface area contributed by atoms with Crippen LogP contribution in [0.3, 0.4) is 0 Å². The van der Waals surface area contributed by atoms with Gasteiger partial charge in [-0.3, -0.25) is 0 Å². The van der Waals surface area contributed by atoms with Crippen LogP contribution < -0.4 is 5.32 Å². The van der Waals surface area contributed by atoms with Gasteiger partial charge in [0.25, 0.3) is 0 Å². The molecule has 0 aliphatic heterocycles. The second-order valence-electron chi connectivity index (χ2n) is 3.82. The molecule has 4 nitrogen and oxygen atoms in total. The van der Waals surface area contributed by atoms with Crippen LogP contribution in [0.1, 0.15) is 25.3 Å². The van der Waals surface area contributed by atoms with E-state index in [1.165, 1.54) is 0 Å². The third-order valence-electron chi connectivity index (χ3n) is 2.65. The molecule has 2 rings (SSSR count). The first kappa shape index (κ1) is 13.5. The van der Waals surface area contributed by atoms with Crippen LogP contribution in [0.5, 0.6) is 0 Å². The van der Waals surface area contributed by atoms with Crippen LogP contribution in [0.4, 0.5) is 0 Å². The van der Waals surface area contributed by atoms with Crippen LogP contribution in [-0.4, -0.2) is 17.2 Å². The lowest BCUT2D eigenvalue weighted by Gasteiger charge is -2.07. The highest BCUT2D eigenvalue weighted by Gasteiger charge is 2.17. The van der Waals surface area contributed by atoms with E-state index in [0.717, 1.165) is 16.5 Å². The van der Waals surface area contributed by atoms with Gasteiger partial charge in [-0.25, -0.2) is 0 Å². The van der Waals surface area contributed by atoms with E-state index in [1.54, 1.807) is 6.07 Å². The number of benzene rings is 1. The van der Waals surface area contributed by atoms with Crippen LogP contribution in [-0.2, 0) is 0 Å². The van der Waals surface area contributed by atoms with Gasteiger partial charge < -0.3 is 9.73 Å². The fourth-order valence-electron chi connectivity index (χ4n) is 1.65. The predicted molar refractivity (Wildman–Crippen MR) is 74.5 cm³/mol. The first-order chi connectivity index (χ1) is 8.65. The van der Waals surface area contributed by atoms with E-state index in [2.05, 4.69) is 38.4 Å². The molecule has 0 fully saturated rings. The maximum absolute atomic E-state index is 6.12. The number of rotatable bonds is 4. The summed E-state index contributed by atoms with van der Waals surface area (Å²) in [4.78, 5) is 0. The molecule has 1 atom stereocenters. The van der Waals surface area contributed by atoms with Crippen molar-refractivity contribution >= 4 is 27.5 Å². The first-order valence-electron chi connectivity index (χ1n) is 5.61. The summed E-state index contributed by atoms with van der Waals surface area (Å²) >= 11 is 9.52. The Morgan fingerprint density at radius 1 is 1.44 bits per heavy atom. The lowest BCUT2D eigenvalue weighted by atomic mass is 10.2. The van der Waals surface area contributed by atoms with Gasteiger partial charge in [0.1, 0.15) is 0 Å². The highest BCUT2D eigenvalue weighted by Crippen LogP contribution is 2.30. The molecule has 18 heavy (non-hydrogen) atoms. The Labute approximate surface area is 119 Å². The minimum atomic E-state index is 0.0668. The number of hydrogen-bond donors (Lipinski definition) is 1. The number of halogens is 2. The minimum absolute atomic E-state index is 0.0668. The van der Waals surface area contributed by atoms with E-state index in [9.17, 15) is 0 Å². The van der Waals surface area contributed by atoms with E-state index in [-0.39, 0.29) is 6.04 Å². The van der Waals surface area contributed by atoms with E-state index >= 15 is 0 Å². The van der Waals surface area contributed by atoms with Crippen molar-refractivity contribution < 1.29 is 4.42 Å². The number of nitrogens with one attached hydrogen (secondary N) is 1. The molecular formula is C12H13BrClN3O. The lowest BCUT2D eigenvalue weighted by Crippen LogP contribution is -2.15. The maximum atomic E-state index is 6.12. The van der Waals surface area contributed by atoms with Gasteiger partial charge in [-0.15, -0.1) is 10.2 Å². The van der Waals surface area contributed by atoms with Crippen molar-refractivity contribution in [1.29, 1.82) is 0 Å². The lowest BCUT2D eigenvalue weighted by molar-refractivity contribution is 0.415. The van der Waals surface area contributed by atoms with E-state index in [4.69, 9.17) is 16.0 Å². The molecule has 0 radical (unpaired) electrons. The van der Waals surface area contributed by atoms with Gasteiger partial charge in [-0.2, -0.15) is 0 Å².